The maximum Gasteiger partial charge on any atom is 0.0185 e. The number of benzene rings is 1. The van der Waals surface area contributed by atoms with E-state index >= 15 is 0 Å². The molecule has 0 radical (unpaired) electrons. The molecule has 0 aliphatic carbocycles. The third-order valence-corrected chi connectivity index (χ3v) is 3.42. The summed E-state index contributed by atoms with van der Waals surface area (Å²) in [5, 5.41) is 0. The van der Waals surface area contributed by atoms with Gasteiger partial charge in [-0.1, -0.05) is 44.2 Å². The highest BCUT2D eigenvalue weighted by Gasteiger charge is 2.05. The quantitative estimate of drug-likeness (QED) is 0.801. The molecule has 0 amide bonds. The highest BCUT2D eigenvalue weighted by atomic mass is 32.2. The topological polar surface area (TPSA) is 26.0 Å². The average Bonchev–Trinajstić information content (AvgIpc) is 2.18. The molecule has 1 nitrogen and oxygen atoms in total. The lowest BCUT2D eigenvalue weighted by Crippen LogP contribution is -2.24. The number of hydrogen-bond acceptors (Lipinski definition) is 2. The van der Waals surface area contributed by atoms with Crippen molar-refractivity contribution in [3.63, 3.8) is 0 Å². The van der Waals surface area contributed by atoms with Gasteiger partial charge in [-0.05, 0) is 17.9 Å². The van der Waals surface area contributed by atoms with Crippen LogP contribution < -0.4 is 5.73 Å². The molecule has 0 fully saturated rings. The van der Waals surface area contributed by atoms with Crippen molar-refractivity contribution in [2.75, 3.05) is 5.75 Å². The molecule has 1 unspecified atom stereocenters. The minimum absolute atomic E-state index is 0.346. The Morgan fingerprint density at radius 1 is 1.20 bits per heavy atom. The fraction of sp³-hybridized carbons (Fsp3) is 0.538. The van der Waals surface area contributed by atoms with Crippen LogP contribution >= 0.6 is 11.8 Å². The SMILES string of the molecule is CC(C)CC(N)CSCc1ccccc1. The van der Waals surface area contributed by atoms with E-state index in [0.29, 0.717) is 12.0 Å². The van der Waals surface area contributed by atoms with Gasteiger partial charge in [0.15, 0.2) is 0 Å². The minimum Gasteiger partial charge on any atom is -0.327 e. The molecule has 1 rings (SSSR count). The van der Waals surface area contributed by atoms with Gasteiger partial charge in [-0.2, -0.15) is 11.8 Å². The van der Waals surface area contributed by atoms with Crippen LogP contribution in [0.1, 0.15) is 25.8 Å². The number of rotatable bonds is 6. The first-order valence-electron chi connectivity index (χ1n) is 5.55. The van der Waals surface area contributed by atoms with Gasteiger partial charge >= 0.3 is 0 Å². The molecule has 1 aromatic rings. The third kappa shape index (κ3) is 5.85. The van der Waals surface area contributed by atoms with E-state index in [9.17, 15) is 0 Å². The average molecular weight is 223 g/mol. The van der Waals surface area contributed by atoms with Crippen LogP contribution in [-0.2, 0) is 5.75 Å². The van der Waals surface area contributed by atoms with Crippen molar-refractivity contribution in [3.8, 4) is 0 Å². The second kappa shape index (κ2) is 6.91. The molecule has 0 aliphatic rings. The van der Waals surface area contributed by atoms with E-state index in [1.54, 1.807) is 0 Å². The Kier molecular flexibility index (Phi) is 5.81. The van der Waals surface area contributed by atoms with Crippen LogP contribution in [0.2, 0.25) is 0 Å². The molecular weight excluding hydrogens is 202 g/mol. The van der Waals surface area contributed by atoms with Crippen LogP contribution in [0.15, 0.2) is 30.3 Å². The summed E-state index contributed by atoms with van der Waals surface area (Å²) in [6.45, 7) is 4.45. The smallest absolute Gasteiger partial charge is 0.0185 e. The van der Waals surface area contributed by atoms with Gasteiger partial charge in [0.25, 0.3) is 0 Å². The van der Waals surface area contributed by atoms with E-state index in [0.717, 1.165) is 17.9 Å². The molecule has 0 aliphatic heterocycles. The van der Waals surface area contributed by atoms with Crippen molar-refractivity contribution >= 4 is 11.8 Å². The molecule has 0 bridgehead atoms. The van der Waals surface area contributed by atoms with Gasteiger partial charge in [0, 0.05) is 17.5 Å². The van der Waals surface area contributed by atoms with Crippen LogP contribution in [0.25, 0.3) is 0 Å². The number of nitrogens with two attached hydrogens (primary N) is 1. The predicted octanol–water partition coefficient (Wildman–Crippen LogP) is 3.29. The third-order valence-electron chi connectivity index (χ3n) is 2.22. The van der Waals surface area contributed by atoms with E-state index < -0.39 is 0 Å². The zero-order valence-electron chi connectivity index (χ0n) is 9.65. The maximum atomic E-state index is 6.02. The first-order valence-corrected chi connectivity index (χ1v) is 6.71. The fourth-order valence-electron chi connectivity index (χ4n) is 1.58. The number of thioether (sulfide) groups is 1. The molecule has 0 saturated heterocycles. The minimum atomic E-state index is 0.346. The van der Waals surface area contributed by atoms with Crippen molar-refractivity contribution in [1.82, 2.24) is 0 Å². The van der Waals surface area contributed by atoms with Crippen LogP contribution in [0.3, 0.4) is 0 Å². The highest BCUT2D eigenvalue weighted by molar-refractivity contribution is 7.98. The van der Waals surface area contributed by atoms with Gasteiger partial charge in [0.05, 0.1) is 0 Å². The van der Waals surface area contributed by atoms with Crippen LogP contribution in [0.4, 0.5) is 0 Å². The zero-order valence-corrected chi connectivity index (χ0v) is 10.5. The second-order valence-corrected chi connectivity index (χ2v) is 5.42. The first kappa shape index (κ1) is 12.6. The van der Waals surface area contributed by atoms with Crippen molar-refractivity contribution < 1.29 is 0 Å². The summed E-state index contributed by atoms with van der Waals surface area (Å²) in [4.78, 5) is 0. The van der Waals surface area contributed by atoms with Crippen LogP contribution in [-0.4, -0.2) is 11.8 Å². The second-order valence-electron chi connectivity index (χ2n) is 4.39. The van der Waals surface area contributed by atoms with Gasteiger partial charge in [-0.25, -0.2) is 0 Å². The van der Waals surface area contributed by atoms with Gasteiger partial charge in [-0.15, -0.1) is 0 Å². The van der Waals surface area contributed by atoms with E-state index in [-0.39, 0.29) is 0 Å². The Hall–Kier alpha value is -0.470. The van der Waals surface area contributed by atoms with E-state index in [2.05, 4.69) is 44.2 Å². The lowest BCUT2D eigenvalue weighted by molar-refractivity contribution is 0.524. The monoisotopic (exact) mass is 223 g/mol. The lowest BCUT2D eigenvalue weighted by Gasteiger charge is -2.13. The van der Waals surface area contributed by atoms with Crippen molar-refractivity contribution in [1.29, 1.82) is 0 Å². The first-order chi connectivity index (χ1) is 7.18. The molecule has 0 spiro atoms. The number of hydrogen-bond donors (Lipinski definition) is 1. The Bertz CT molecular complexity index is 258. The van der Waals surface area contributed by atoms with Crippen molar-refractivity contribution in [3.05, 3.63) is 35.9 Å². The Morgan fingerprint density at radius 2 is 1.87 bits per heavy atom. The molecule has 84 valence electrons. The van der Waals surface area contributed by atoms with Crippen LogP contribution in [0.5, 0.6) is 0 Å². The largest absolute Gasteiger partial charge is 0.327 e. The molecule has 2 N–H and O–H groups in total. The summed E-state index contributed by atoms with van der Waals surface area (Å²) in [6, 6.07) is 10.9. The molecular formula is C13H21NS. The molecule has 1 atom stereocenters. The normalized spacial score (nSPS) is 13.1. The van der Waals surface area contributed by atoms with Gasteiger partial charge in [0.1, 0.15) is 0 Å². The molecule has 0 aromatic heterocycles. The Balaban J connectivity index is 2.16. The summed E-state index contributed by atoms with van der Waals surface area (Å²) >= 11 is 1.93. The summed E-state index contributed by atoms with van der Waals surface area (Å²) in [6.07, 6.45) is 1.13. The Labute approximate surface area is 97.4 Å². The molecule has 15 heavy (non-hydrogen) atoms. The van der Waals surface area contributed by atoms with Crippen molar-refractivity contribution in [2.24, 2.45) is 11.7 Å². The van der Waals surface area contributed by atoms with Gasteiger partial charge < -0.3 is 5.73 Å². The summed E-state index contributed by atoms with van der Waals surface area (Å²) in [7, 11) is 0. The molecule has 1 aromatic carbocycles. The van der Waals surface area contributed by atoms with Crippen molar-refractivity contribution in [2.45, 2.75) is 32.1 Å². The lowest BCUT2D eigenvalue weighted by atomic mass is 10.1. The van der Waals surface area contributed by atoms with Gasteiger partial charge in [0.2, 0.25) is 0 Å². The fourth-order valence-corrected chi connectivity index (χ4v) is 2.56. The molecule has 0 heterocycles. The van der Waals surface area contributed by atoms with E-state index in [1.165, 1.54) is 5.56 Å². The van der Waals surface area contributed by atoms with E-state index in [4.69, 9.17) is 5.73 Å². The summed E-state index contributed by atoms with van der Waals surface area (Å²) < 4.78 is 0. The molecule has 2 heteroatoms. The zero-order chi connectivity index (χ0) is 11.1. The predicted molar refractivity (Wildman–Crippen MR) is 70.0 cm³/mol. The standard InChI is InChI=1S/C13H21NS/c1-11(2)8-13(14)10-15-9-12-6-4-3-5-7-12/h3-7,11,13H,8-10,14H2,1-2H3. The highest BCUT2D eigenvalue weighted by Crippen LogP contribution is 2.14. The van der Waals surface area contributed by atoms with Crippen LogP contribution in [0, 0.1) is 5.92 Å². The Morgan fingerprint density at radius 3 is 2.47 bits per heavy atom. The maximum absolute atomic E-state index is 6.02. The van der Waals surface area contributed by atoms with E-state index in [1.807, 2.05) is 11.8 Å². The molecule has 0 saturated carbocycles. The summed E-state index contributed by atoms with van der Waals surface area (Å²) in [5.41, 5.74) is 7.41. The van der Waals surface area contributed by atoms with Gasteiger partial charge in [-0.3, -0.25) is 0 Å². The summed E-state index contributed by atoms with van der Waals surface area (Å²) in [5.74, 6) is 2.84.